The van der Waals surface area contributed by atoms with Gasteiger partial charge in [-0.3, -0.25) is 0 Å². The third kappa shape index (κ3) is 3.56. The molecule has 1 aromatic rings. The fraction of sp³-hybridized carbons (Fsp3) is 0.667. The monoisotopic (exact) mass is 274 g/mol. The van der Waals surface area contributed by atoms with E-state index in [-0.39, 0.29) is 0 Å². The van der Waals surface area contributed by atoms with Crippen molar-refractivity contribution < 1.29 is 13.2 Å². The van der Waals surface area contributed by atoms with Gasteiger partial charge in [0.1, 0.15) is 0 Å². The SMILES string of the molecule is CNCC1CCCN(c2ccc(C(F)(F)F)nn2)C1. The summed E-state index contributed by atoms with van der Waals surface area (Å²) in [6.45, 7) is 2.53. The molecule has 1 N–H and O–H groups in total. The molecule has 0 saturated carbocycles. The fourth-order valence-corrected chi connectivity index (χ4v) is 2.37. The average molecular weight is 274 g/mol. The molecule has 0 amide bonds. The summed E-state index contributed by atoms with van der Waals surface area (Å²) in [7, 11) is 1.90. The lowest BCUT2D eigenvalue weighted by Gasteiger charge is -2.33. The average Bonchev–Trinajstić information content (AvgIpc) is 2.39. The molecule has 1 atom stereocenters. The standard InChI is InChI=1S/C12H17F3N4/c1-16-7-9-3-2-6-19(8-9)11-5-4-10(17-18-11)12(13,14)15/h4-5,9,16H,2-3,6-8H2,1H3. The summed E-state index contributed by atoms with van der Waals surface area (Å²) < 4.78 is 37.2. The molecule has 1 aliphatic heterocycles. The largest absolute Gasteiger partial charge is 0.435 e. The van der Waals surface area contributed by atoms with E-state index in [1.165, 1.54) is 6.07 Å². The Labute approximate surface area is 110 Å². The Morgan fingerprint density at radius 3 is 2.74 bits per heavy atom. The lowest BCUT2D eigenvalue weighted by atomic mass is 9.98. The van der Waals surface area contributed by atoms with Crippen LogP contribution in [0.15, 0.2) is 12.1 Å². The normalized spacial score (nSPS) is 20.6. The lowest BCUT2D eigenvalue weighted by Crippen LogP contribution is -2.39. The van der Waals surface area contributed by atoms with E-state index in [1.54, 1.807) is 0 Å². The van der Waals surface area contributed by atoms with Crippen LogP contribution in [0.1, 0.15) is 18.5 Å². The number of hydrogen-bond acceptors (Lipinski definition) is 4. The number of alkyl halides is 3. The molecule has 1 fully saturated rings. The number of nitrogens with one attached hydrogen (secondary N) is 1. The van der Waals surface area contributed by atoms with Crippen molar-refractivity contribution in [3.05, 3.63) is 17.8 Å². The van der Waals surface area contributed by atoms with Crippen molar-refractivity contribution in [3.8, 4) is 0 Å². The molecule has 1 aliphatic rings. The van der Waals surface area contributed by atoms with Gasteiger partial charge in [0.2, 0.25) is 0 Å². The van der Waals surface area contributed by atoms with Crippen molar-refractivity contribution in [2.75, 3.05) is 31.6 Å². The van der Waals surface area contributed by atoms with Crippen LogP contribution < -0.4 is 10.2 Å². The van der Waals surface area contributed by atoms with Crippen LogP contribution in [0.3, 0.4) is 0 Å². The highest BCUT2D eigenvalue weighted by Gasteiger charge is 2.33. The molecule has 1 saturated heterocycles. The molecule has 1 aromatic heterocycles. The summed E-state index contributed by atoms with van der Waals surface area (Å²) in [5.41, 5.74) is -0.944. The Bertz CT molecular complexity index is 402. The first-order valence-electron chi connectivity index (χ1n) is 6.31. The van der Waals surface area contributed by atoms with Gasteiger partial charge in [-0.25, -0.2) is 0 Å². The number of piperidine rings is 1. The minimum Gasteiger partial charge on any atom is -0.355 e. The number of halogens is 3. The highest BCUT2D eigenvalue weighted by Crippen LogP contribution is 2.28. The number of anilines is 1. The van der Waals surface area contributed by atoms with Crippen LogP contribution in [0.4, 0.5) is 19.0 Å². The predicted molar refractivity (Wildman–Crippen MR) is 65.9 cm³/mol. The molecular weight excluding hydrogens is 257 g/mol. The zero-order chi connectivity index (χ0) is 13.9. The second kappa shape index (κ2) is 5.73. The maximum Gasteiger partial charge on any atom is 0.435 e. The summed E-state index contributed by atoms with van der Waals surface area (Å²) in [5.74, 6) is 1.02. The summed E-state index contributed by atoms with van der Waals surface area (Å²) in [5, 5.41) is 10.1. The van der Waals surface area contributed by atoms with Crippen molar-refractivity contribution in [2.45, 2.75) is 19.0 Å². The van der Waals surface area contributed by atoms with Crippen molar-refractivity contribution in [2.24, 2.45) is 5.92 Å². The number of rotatable bonds is 3. The Balaban J connectivity index is 2.05. The molecule has 0 aromatic carbocycles. The van der Waals surface area contributed by atoms with E-state index in [2.05, 4.69) is 15.5 Å². The Hall–Kier alpha value is -1.37. The topological polar surface area (TPSA) is 41.0 Å². The molecule has 2 heterocycles. The zero-order valence-electron chi connectivity index (χ0n) is 10.7. The predicted octanol–water partition coefficient (Wildman–Crippen LogP) is 1.93. The van der Waals surface area contributed by atoms with Gasteiger partial charge in [-0.15, -0.1) is 10.2 Å². The minimum atomic E-state index is -4.43. The van der Waals surface area contributed by atoms with Gasteiger partial charge in [-0.1, -0.05) is 0 Å². The van der Waals surface area contributed by atoms with Crippen LogP contribution in [0, 0.1) is 5.92 Å². The summed E-state index contributed by atoms with van der Waals surface area (Å²) in [4.78, 5) is 2.00. The molecule has 106 valence electrons. The van der Waals surface area contributed by atoms with Gasteiger partial charge < -0.3 is 10.2 Å². The quantitative estimate of drug-likeness (QED) is 0.914. The van der Waals surface area contributed by atoms with Gasteiger partial charge in [-0.2, -0.15) is 13.2 Å². The van der Waals surface area contributed by atoms with Gasteiger partial charge in [0, 0.05) is 13.1 Å². The molecule has 4 nitrogen and oxygen atoms in total. The number of nitrogens with zero attached hydrogens (tertiary/aromatic N) is 3. The maximum absolute atomic E-state index is 12.4. The van der Waals surface area contributed by atoms with E-state index >= 15 is 0 Å². The van der Waals surface area contributed by atoms with Crippen LogP contribution in [-0.4, -0.2) is 36.9 Å². The molecule has 0 spiro atoms. The third-order valence-electron chi connectivity index (χ3n) is 3.28. The minimum absolute atomic E-state index is 0.503. The van der Waals surface area contributed by atoms with E-state index in [1.807, 2.05) is 11.9 Å². The van der Waals surface area contributed by atoms with E-state index in [0.29, 0.717) is 11.7 Å². The lowest BCUT2D eigenvalue weighted by molar-refractivity contribution is -0.141. The summed E-state index contributed by atoms with van der Waals surface area (Å²) >= 11 is 0. The second-order valence-corrected chi connectivity index (χ2v) is 4.79. The molecule has 19 heavy (non-hydrogen) atoms. The third-order valence-corrected chi connectivity index (χ3v) is 3.28. The summed E-state index contributed by atoms with van der Waals surface area (Å²) in [6.07, 6.45) is -2.28. The molecule has 7 heteroatoms. The molecular formula is C12H17F3N4. The molecule has 0 bridgehead atoms. The Morgan fingerprint density at radius 2 is 2.16 bits per heavy atom. The fourth-order valence-electron chi connectivity index (χ4n) is 2.37. The number of aromatic nitrogens is 2. The molecule has 0 aliphatic carbocycles. The smallest absolute Gasteiger partial charge is 0.355 e. The zero-order valence-corrected chi connectivity index (χ0v) is 10.7. The van der Waals surface area contributed by atoms with Gasteiger partial charge >= 0.3 is 6.18 Å². The van der Waals surface area contributed by atoms with E-state index in [4.69, 9.17) is 0 Å². The van der Waals surface area contributed by atoms with Crippen LogP contribution in [0.5, 0.6) is 0 Å². The van der Waals surface area contributed by atoms with Gasteiger partial charge in [0.05, 0.1) is 0 Å². The molecule has 1 unspecified atom stereocenters. The first-order chi connectivity index (χ1) is 9.00. The first kappa shape index (κ1) is 14.0. The highest BCUT2D eigenvalue weighted by atomic mass is 19.4. The van der Waals surface area contributed by atoms with Gasteiger partial charge in [0.25, 0.3) is 0 Å². The van der Waals surface area contributed by atoms with Gasteiger partial charge in [0.15, 0.2) is 11.5 Å². The van der Waals surface area contributed by atoms with Crippen LogP contribution in [0.2, 0.25) is 0 Å². The highest BCUT2D eigenvalue weighted by molar-refractivity contribution is 5.38. The van der Waals surface area contributed by atoms with Crippen LogP contribution >= 0.6 is 0 Å². The van der Waals surface area contributed by atoms with E-state index < -0.39 is 11.9 Å². The van der Waals surface area contributed by atoms with Crippen molar-refractivity contribution in [3.63, 3.8) is 0 Å². The van der Waals surface area contributed by atoms with Crippen molar-refractivity contribution in [1.29, 1.82) is 0 Å². The number of hydrogen-bond donors (Lipinski definition) is 1. The second-order valence-electron chi connectivity index (χ2n) is 4.79. The first-order valence-corrected chi connectivity index (χ1v) is 6.31. The van der Waals surface area contributed by atoms with Crippen molar-refractivity contribution in [1.82, 2.24) is 15.5 Å². The Kier molecular flexibility index (Phi) is 4.24. The van der Waals surface area contributed by atoms with Crippen LogP contribution in [-0.2, 0) is 6.18 Å². The van der Waals surface area contributed by atoms with Gasteiger partial charge in [-0.05, 0) is 44.5 Å². The Morgan fingerprint density at radius 1 is 1.37 bits per heavy atom. The molecule has 2 rings (SSSR count). The van der Waals surface area contributed by atoms with Crippen LogP contribution in [0.25, 0.3) is 0 Å². The van der Waals surface area contributed by atoms with E-state index in [9.17, 15) is 13.2 Å². The summed E-state index contributed by atoms with van der Waals surface area (Å²) in [6, 6.07) is 2.39. The van der Waals surface area contributed by atoms with Crippen molar-refractivity contribution >= 4 is 5.82 Å². The van der Waals surface area contributed by atoms with E-state index in [0.717, 1.165) is 38.5 Å². The molecule has 0 radical (unpaired) electrons. The maximum atomic E-state index is 12.4.